The molecule has 0 saturated heterocycles. The third-order valence-corrected chi connectivity index (χ3v) is 2.65. The predicted octanol–water partition coefficient (Wildman–Crippen LogP) is 4.44. The van der Waals surface area contributed by atoms with Gasteiger partial charge >= 0.3 is 0 Å². The number of halogens is 2. The largest absolute Gasteiger partial charge is 0.179 e. The maximum Gasteiger partial charge on any atom is 0.0479 e. The van der Waals surface area contributed by atoms with E-state index in [4.69, 9.17) is 11.6 Å². The number of rotatable bonds is 3. The third kappa shape index (κ3) is 3.75. The zero-order valence-corrected chi connectivity index (χ0v) is 10.2. The highest BCUT2D eigenvalue weighted by molar-refractivity contribution is 9.10. The second-order valence-corrected chi connectivity index (χ2v) is 4.35. The zero-order chi connectivity index (χ0) is 9.68. The van der Waals surface area contributed by atoms with E-state index in [9.17, 15) is 0 Å². The SMILES string of the molecule is SCCC=Cc1cc(Br)ccc1Cl. The third-order valence-electron chi connectivity index (χ3n) is 1.55. The van der Waals surface area contributed by atoms with Gasteiger partial charge in [0.25, 0.3) is 0 Å². The Morgan fingerprint density at radius 2 is 2.23 bits per heavy atom. The lowest BCUT2D eigenvalue weighted by atomic mass is 10.2. The average molecular weight is 278 g/mol. The van der Waals surface area contributed by atoms with Crippen LogP contribution in [0.4, 0.5) is 0 Å². The second kappa shape index (κ2) is 5.74. The molecular formula is C10H10BrClS. The van der Waals surface area contributed by atoms with Crippen LogP contribution in [0.25, 0.3) is 6.08 Å². The highest BCUT2D eigenvalue weighted by Crippen LogP contribution is 2.22. The minimum atomic E-state index is 0.776. The van der Waals surface area contributed by atoms with Gasteiger partial charge in [0.05, 0.1) is 0 Å². The minimum Gasteiger partial charge on any atom is -0.179 e. The summed E-state index contributed by atoms with van der Waals surface area (Å²) >= 11 is 13.5. The Morgan fingerprint density at radius 3 is 2.92 bits per heavy atom. The minimum absolute atomic E-state index is 0.776. The lowest BCUT2D eigenvalue weighted by molar-refractivity contribution is 1.26. The van der Waals surface area contributed by atoms with Gasteiger partial charge in [0.2, 0.25) is 0 Å². The fourth-order valence-corrected chi connectivity index (χ4v) is 1.64. The van der Waals surface area contributed by atoms with E-state index in [-0.39, 0.29) is 0 Å². The van der Waals surface area contributed by atoms with E-state index in [0.717, 1.165) is 27.2 Å². The molecule has 0 aliphatic heterocycles. The first-order chi connectivity index (χ1) is 6.24. The summed E-state index contributed by atoms with van der Waals surface area (Å²) in [6, 6.07) is 5.81. The van der Waals surface area contributed by atoms with E-state index >= 15 is 0 Å². The fourth-order valence-electron chi connectivity index (χ4n) is 0.927. The van der Waals surface area contributed by atoms with Gasteiger partial charge in [-0.05, 0) is 35.9 Å². The van der Waals surface area contributed by atoms with Crippen molar-refractivity contribution in [2.24, 2.45) is 0 Å². The van der Waals surface area contributed by atoms with E-state index in [2.05, 4.69) is 34.6 Å². The van der Waals surface area contributed by atoms with Crippen LogP contribution < -0.4 is 0 Å². The molecule has 0 fully saturated rings. The summed E-state index contributed by atoms with van der Waals surface area (Å²) in [5.74, 6) is 0.863. The molecule has 0 heterocycles. The van der Waals surface area contributed by atoms with Crippen LogP contribution in [0, 0.1) is 0 Å². The molecule has 0 aliphatic rings. The highest BCUT2D eigenvalue weighted by atomic mass is 79.9. The molecule has 70 valence electrons. The quantitative estimate of drug-likeness (QED) is 0.776. The Hall–Kier alpha value is 0.0800. The van der Waals surface area contributed by atoms with Crippen LogP contribution in [0.5, 0.6) is 0 Å². The van der Waals surface area contributed by atoms with Gasteiger partial charge in [-0.1, -0.05) is 39.7 Å². The summed E-state index contributed by atoms with van der Waals surface area (Å²) in [5.41, 5.74) is 1.04. The first-order valence-electron chi connectivity index (χ1n) is 3.96. The zero-order valence-electron chi connectivity index (χ0n) is 7.00. The Balaban J connectivity index is 2.81. The monoisotopic (exact) mass is 276 g/mol. The lowest BCUT2D eigenvalue weighted by Crippen LogP contribution is -1.75. The van der Waals surface area contributed by atoms with Gasteiger partial charge in [0, 0.05) is 9.50 Å². The molecule has 0 aliphatic carbocycles. The number of benzene rings is 1. The summed E-state index contributed by atoms with van der Waals surface area (Å²) < 4.78 is 1.04. The van der Waals surface area contributed by atoms with Crippen molar-refractivity contribution in [2.75, 3.05) is 5.75 Å². The van der Waals surface area contributed by atoms with E-state index in [1.807, 2.05) is 24.3 Å². The molecule has 1 aromatic carbocycles. The van der Waals surface area contributed by atoms with Crippen LogP contribution in [0.2, 0.25) is 5.02 Å². The molecule has 0 spiro atoms. The average Bonchev–Trinajstić information content (AvgIpc) is 2.11. The van der Waals surface area contributed by atoms with Crippen molar-refractivity contribution in [3.05, 3.63) is 39.3 Å². The topological polar surface area (TPSA) is 0 Å². The van der Waals surface area contributed by atoms with Crippen LogP contribution >= 0.6 is 40.2 Å². The van der Waals surface area contributed by atoms with Crippen molar-refractivity contribution in [1.82, 2.24) is 0 Å². The first kappa shape index (κ1) is 11.2. The van der Waals surface area contributed by atoms with E-state index < -0.39 is 0 Å². The standard InChI is InChI=1S/C10H10BrClS/c11-9-4-5-10(12)8(7-9)3-1-2-6-13/h1,3-5,7,13H,2,6H2. The van der Waals surface area contributed by atoms with Crippen molar-refractivity contribution >= 4 is 46.2 Å². The molecular weight excluding hydrogens is 268 g/mol. The number of thiol groups is 1. The van der Waals surface area contributed by atoms with Gasteiger partial charge in [-0.2, -0.15) is 12.6 Å². The number of hydrogen-bond acceptors (Lipinski definition) is 1. The summed E-state index contributed by atoms with van der Waals surface area (Å²) in [7, 11) is 0. The lowest BCUT2D eigenvalue weighted by Gasteiger charge is -1.98. The van der Waals surface area contributed by atoms with E-state index in [1.54, 1.807) is 0 Å². The van der Waals surface area contributed by atoms with Crippen molar-refractivity contribution in [3.8, 4) is 0 Å². The molecule has 0 bridgehead atoms. The van der Waals surface area contributed by atoms with Gasteiger partial charge in [0.15, 0.2) is 0 Å². The van der Waals surface area contributed by atoms with Crippen LogP contribution in [0.1, 0.15) is 12.0 Å². The summed E-state index contributed by atoms with van der Waals surface area (Å²) in [6.45, 7) is 0. The molecule has 0 N–H and O–H groups in total. The molecule has 0 unspecified atom stereocenters. The first-order valence-corrected chi connectivity index (χ1v) is 5.77. The van der Waals surface area contributed by atoms with Gasteiger partial charge < -0.3 is 0 Å². The molecule has 0 radical (unpaired) electrons. The Morgan fingerprint density at radius 1 is 1.46 bits per heavy atom. The Bertz CT molecular complexity index is 310. The maximum absolute atomic E-state index is 5.98. The van der Waals surface area contributed by atoms with E-state index in [0.29, 0.717) is 0 Å². The van der Waals surface area contributed by atoms with Crippen molar-refractivity contribution in [2.45, 2.75) is 6.42 Å². The van der Waals surface area contributed by atoms with Crippen LogP contribution in [-0.2, 0) is 0 Å². The molecule has 0 saturated carbocycles. The number of hydrogen-bond donors (Lipinski definition) is 1. The van der Waals surface area contributed by atoms with Gasteiger partial charge in [-0.3, -0.25) is 0 Å². The maximum atomic E-state index is 5.98. The number of allylic oxidation sites excluding steroid dienone is 1. The second-order valence-electron chi connectivity index (χ2n) is 2.58. The van der Waals surface area contributed by atoms with Gasteiger partial charge in [-0.25, -0.2) is 0 Å². The molecule has 0 nitrogen and oxygen atoms in total. The molecule has 0 amide bonds. The van der Waals surface area contributed by atoms with Gasteiger partial charge in [0.1, 0.15) is 0 Å². The molecule has 0 atom stereocenters. The van der Waals surface area contributed by atoms with E-state index in [1.165, 1.54) is 0 Å². The fraction of sp³-hybridized carbons (Fsp3) is 0.200. The molecule has 3 heteroatoms. The predicted molar refractivity (Wildman–Crippen MR) is 66.7 cm³/mol. The van der Waals surface area contributed by atoms with Crippen LogP contribution in [0.3, 0.4) is 0 Å². The Kier molecular flexibility index (Phi) is 4.92. The molecule has 0 aromatic heterocycles. The molecule has 1 rings (SSSR count). The summed E-state index contributed by atoms with van der Waals surface area (Å²) in [4.78, 5) is 0. The molecule has 1 aromatic rings. The van der Waals surface area contributed by atoms with Crippen molar-refractivity contribution < 1.29 is 0 Å². The van der Waals surface area contributed by atoms with Crippen LogP contribution in [0.15, 0.2) is 28.7 Å². The Labute approximate surface area is 97.5 Å². The van der Waals surface area contributed by atoms with Crippen LogP contribution in [-0.4, -0.2) is 5.75 Å². The van der Waals surface area contributed by atoms with Crippen molar-refractivity contribution in [1.29, 1.82) is 0 Å². The molecule has 13 heavy (non-hydrogen) atoms. The summed E-state index contributed by atoms with van der Waals surface area (Å²) in [6.07, 6.45) is 5.05. The highest BCUT2D eigenvalue weighted by Gasteiger charge is 1.95. The normalized spacial score (nSPS) is 11.0. The smallest absolute Gasteiger partial charge is 0.0479 e. The summed E-state index contributed by atoms with van der Waals surface area (Å²) in [5, 5.41) is 0.776. The van der Waals surface area contributed by atoms with Crippen molar-refractivity contribution in [3.63, 3.8) is 0 Å². The van der Waals surface area contributed by atoms with Gasteiger partial charge in [-0.15, -0.1) is 0 Å².